The average Bonchev–Trinajstić information content (AvgIpc) is 2.73. The van der Waals surface area contributed by atoms with Crippen LogP contribution in [0.25, 0.3) is 0 Å². The van der Waals surface area contributed by atoms with Gasteiger partial charge in [0.1, 0.15) is 0 Å². The molecule has 0 aromatic heterocycles. The maximum Gasteiger partial charge on any atom is 0.239 e. The van der Waals surface area contributed by atoms with Gasteiger partial charge in [-0.1, -0.05) is 13.8 Å². The summed E-state index contributed by atoms with van der Waals surface area (Å²) in [4.78, 5) is 47.9. The lowest BCUT2D eigenvalue weighted by Crippen LogP contribution is -2.37. The molecule has 0 aliphatic carbocycles. The Morgan fingerprint density at radius 3 is 2.45 bits per heavy atom. The maximum atomic E-state index is 12.1. The molecule has 0 aromatic rings. The molecule has 1 atom stereocenters. The van der Waals surface area contributed by atoms with Crippen molar-refractivity contribution in [1.29, 1.82) is 0 Å². The summed E-state index contributed by atoms with van der Waals surface area (Å²) < 4.78 is 0. The Labute approximate surface area is 130 Å². The minimum Gasteiger partial charge on any atom is -0.355 e. The summed E-state index contributed by atoms with van der Waals surface area (Å²) in [6, 6.07) is 0. The van der Waals surface area contributed by atoms with Crippen molar-refractivity contribution in [1.82, 2.24) is 15.5 Å². The summed E-state index contributed by atoms with van der Waals surface area (Å²) in [5.74, 6) is -0.888. The van der Waals surface area contributed by atoms with Gasteiger partial charge >= 0.3 is 0 Å². The molecule has 1 unspecified atom stereocenters. The third-order valence-electron chi connectivity index (χ3n) is 3.69. The zero-order valence-corrected chi connectivity index (χ0v) is 13.5. The fraction of sp³-hybridized carbons (Fsp3) is 0.733. The Balaban J connectivity index is 2.29. The number of amides is 4. The van der Waals surface area contributed by atoms with Crippen molar-refractivity contribution in [2.75, 3.05) is 19.6 Å². The predicted molar refractivity (Wildman–Crippen MR) is 80.6 cm³/mol. The number of hydrogen-bond donors (Lipinski definition) is 2. The van der Waals surface area contributed by atoms with Crippen molar-refractivity contribution in [3.8, 4) is 0 Å². The van der Waals surface area contributed by atoms with Crippen molar-refractivity contribution < 1.29 is 19.2 Å². The van der Waals surface area contributed by atoms with Crippen molar-refractivity contribution in [2.24, 2.45) is 11.8 Å². The van der Waals surface area contributed by atoms with Crippen molar-refractivity contribution in [2.45, 2.75) is 40.0 Å². The highest BCUT2D eigenvalue weighted by Crippen LogP contribution is 2.26. The first-order valence-corrected chi connectivity index (χ1v) is 7.74. The van der Waals surface area contributed by atoms with Gasteiger partial charge in [0.2, 0.25) is 23.6 Å². The van der Waals surface area contributed by atoms with Gasteiger partial charge in [0.25, 0.3) is 0 Å². The number of nitrogens with zero attached hydrogens (tertiary/aromatic N) is 1. The number of likely N-dealkylation sites (N-methyl/N-ethyl adjacent to an activating group) is 1. The van der Waals surface area contributed by atoms with Crippen LogP contribution in [0, 0.1) is 11.8 Å². The van der Waals surface area contributed by atoms with Crippen molar-refractivity contribution in [3.63, 3.8) is 0 Å². The van der Waals surface area contributed by atoms with E-state index in [1.165, 1.54) is 4.90 Å². The van der Waals surface area contributed by atoms with Crippen LogP contribution in [0.2, 0.25) is 0 Å². The summed E-state index contributed by atoms with van der Waals surface area (Å²) >= 11 is 0. The van der Waals surface area contributed by atoms with E-state index in [0.29, 0.717) is 13.0 Å². The van der Waals surface area contributed by atoms with Gasteiger partial charge in [0.15, 0.2) is 0 Å². The zero-order valence-electron chi connectivity index (χ0n) is 13.5. The van der Waals surface area contributed by atoms with Gasteiger partial charge in [-0.3, -0.25) is 24.1 Å². The molecular formula is C15H25N3O4. The Morgan fingerprint density at radius 2 is 1.91 bits per heavy atom. The van der Waals surface area contributed by atoms with E-state index in [0.717, 1.165) is 0 Å². The molecule has 22 heavy (non-hydrogen) atoms. The highest BCUT2D eigenvalue weighted by molar-refractivity contribution is 6.03. The molecule has 0 bridgehead atoms. The van der Waals surface area contributed by atoms with E-state index in [1.807, 2.05) is 13.8 Å². The first-order chi connectivity index (χ1) is 10.4. The Kier molecular flexibility index (Phi) is 7.01. The highest BCUT2D eigenvalue weighted by atomic mass is 16.2. The van der Waals surface area contributed by atoms with Gasteiger partial charge in [-0.25, -0.2) is 0 Å². The molecule has 1 aliphatic heterocycles. The second-order valence-corrected chi connectivity index (χ2v) is 5.77. The van der Waals surface area contributed by atoms with E-state index in [-0.39, 0.29) is 61.4 Å². The summed E-state index contributed by atoms with van der Waals surface area (Å²) in [5, 5.41) is 5.08. The van der Waals surface area contributed by atoms with Gasteiger partial charge in [0, 0.05) is 31.8 Å². The molecule has 0 aromatic carbocycles. The minimum absolute atomic E-state index is 0.0519. The predicted octanol–water partition coefficient (Wildman–Crippen LogP) is 0.0500. The van der Waals surface area contributed by atoms with Gasteiger partial charge in [-0.2, -0.15) is 0 Å². The molecular weight excluding hydrogens is 286 g/mol. The summed E-state index contributed by atoms with van der Waals surface area (Å²) in [6.07, 6.45) is 0.853. The quantitative estimate of drug-likeness (QED) is 0.619. The fourth-order valence-corrected chi connectivity index (χ4v) is 2.39. The third kappa shape index (κ3) is 5.13. The molecule has 1 heterocycles. The van der Waals surface area contributed by atoms with E-state index in [4.69, 9.17) is 0 Å². The van der Waals surface area contributed by atoms with Crippen LogP contribution in [0.15, 0.2) is 0 Å². The van der Waals surface area contributed by atoms with Crippen LogP contribution in [0.4, 0.5) is 0 Å². The lowest BCUT2D eigenvalue weighted by molar-refractivity contribution is -0.140. The maximum absolute atomic E-state index is 12.1. The standard InChI is InChI=1S/C15H25N3O4/c1-4-16-13(20)9-17-12(19)6-5-7-18-14(21)8-11(10(2)3)15(18)22/h10-11H,4-9H2,1-3H3,(H,16,20)(H,17,19). The summed E-state index contributed by atoms with van der Waals surface area (Å²) in [5.41, 5.74) is 0. The largest absolute Gasteiger partial charge is 0.355 e. The zero-order chi connectivity index (χ0) is 16.7. The van der Waals surface area contributed by atoms with E-state index in [1.54, 1.807) is 6.92 Å². The average molecular weight is 311 g/mol. The van der Waals surface area contributed by atoms with E-state index in [2.05, 4.69) is 10.6 Å². The molecule has 1 saturated heterocycles. The Bertz CT molecular complexity index is 448. The summed E-state index contributed by atoms with van der Waals surface area (Å²) in [6.45, 7) is 6.38. The number of imide groups is 1. The molecule has 1 aliphatic rings. The SMILES string of the molecule is CCNC(=O)CNC(=O)CCCN1C(=O)CC(C(C)C)C1=O. The van der Waals surface area contributed by atoms with Crippen LogP contribution in [0.1, 0.15) is 40.0 Å². The first kappa shape index (κ1) is 18.1. The van der Waals surface area contributed by atoms with E-state index < -0.39 is 0 Å². The van der Waals surface area contributed by atoms with Gasteiger partial charge < -0.3 is 10.6 Å². The Morgan fingerprint density at radius 1 is 1.23 bits per heavy atom. The molecule has 0 radical (unpaired) electrons. The molecule has 7 nitrogen and oxygen atoms in total. The highest BCUT2D eigenvalue weighted by Gasteiger charge is 2.39. The van der Waals surface area contributed by atoms with Gasteiger partial charge in [-0.05, 0) is 19.3 Å². The van der Waals surface area contributed by atoms with Crippen LogP contribution in [-0.2, 0) is 19.2 Å². The molecule has 7 heteroatoms. The second-order valence-electron chi connectivity index (χ2n) is 5.77. The van der Waals surface area contributed by atoms with Crippen LogP contribution >= 0.6 is 0 Å². The number of nitrogens with one attached hydrogen (secondary N) is 2. The monoisotopic (exact) mass is 311 g/mol. The topological polar surface area (TPSA) is 95.6 Å². The van der Waals surface area contributed by atoms with Crippen molar-refractivity contribution in [3.05, 3.63) is 0 Å². The van der Waals surface area contributed by atoms with E-state index in [9.17, 15) is 19.2 Å². The molecule has 0 spiro atoms. The smallest absolute Gasteiger partial charge is 0.239 e. The summed E-state index contributed by atoms with van der Waals surface area (Å²) in [7, 11) is 0. The molecule has 4 amide bonds. The number of likely N-dealkylation sites (tertiary alicyclic amines) is 1. The third-order valence-corrected chi connectivity index (χ3v) is 3.69. The van der Waals surface area contributed by atoms with Gasteiger partial charge in [-0.15, -0.1) is 0 Å². The number of rotatable bonds is 8. The molecule has 2 N–H and O–H groups in total. The lowest BCUT2D eigenvalue weighted by Gasteiger charge is -2.16. The van der Waals surface area contributed by atoms with Crippen molar-refractivity contribution >= 4 is 23.6 Å². The van der Waals surface area contributed by atoms with Gasteiger partial charge in [0.05, 0.1) is 6.54 Å². The normalized spacial score (nSPS) is 18.0. The molecule has 1 rings (SSSR count). The van der Waals surface area contributed by atoms with Crippen LogP contribution in [0.3, 0.4) is 0 Å². The minimum atomic E-state index is -0.259. The lowest BCUT2D eigenvalue weighted by atomic mass is 9.94. The fourth-order valence-electron chi connectivity index (χ4n) is 2.39. The second kappa shape index (κ2) is 8.51. The molecule has 0 saturated carbocycles. The number of carbonyl (C=O) groups excluding carboxylic acids is 4. The number of carbonyl (C=O) groups is 4. The van der Waals surface area contributed by atoms with Crippen LogP contribution < -0.4 is 10.6 Å². The van der Waals surface area contributed by atoms with Crippen LogP contribution in [-0.4, -0.2) is 48.2 Å². The Hall–Kier alpha value is -1.92. The molecule has 124 valence electrons. The van der Waals surface area contributed by atoms with E-state index >= 15 is 0 Å². The van der Waals surface area contributed by atoms with Crippen LogP contribution in [0.5, 0.6) is 0 Å². The first-order valence-electron chi connectivity index (χ1n) is 7.74. The molecule has 1 fully saturated rings. The number of hydrogen-bond acceptors (Lipinski definition) is 4.